The fraction of sp³-hybridized carbons (Fsp3) is 0.182. The van der Waals surface area contributed by atoms with Crippen molar-refractivity contribution in [3.8, 4) is 0 Å². The molecule has 0 saturated heterocycles. The van der Waals surface area contributed by atoms with Crippen LogP contribution >= 0.6 is 22.9 Å². The largest absolute Gasteiger partial charge is 0.365 e. The predicted octanol–water partition coefficient (Wildman–Crippen LogP) is 2.76. The maximum Gasteiger partial charge on any atom is 0.255 e. The minimum absolute atomic E-state index is 0.448. The third-order valence-electron chi connectivity index (χ3n) is 2.61. The Morgan fingerprint density at radius 2 is 2.39 bits per heavy atom. The summed E-state index contributed by atoms with van der Waals surface area (Å²) in [6.07, 6.45) is 1.47. The number of nitrogens with zero attached hydrogens (tertiary/aromatic N) is 4. The van der Waals surface area contributed by atoms with E-state index in [9.17, 15) is 0 Å². The monoisotopic (exact) mass is 279 g/mol. The molecule has 92 valence electrons. The van der Waals surface area contributed by atoms with Crippen molar-refractivity contribution < 1.29 is 0 Å². The lowest BCUT2D eigenvalue weighted by molar-refractivity contribution is 0.917. The van der Waals surface area contributed by atoms with Crippen LogP contribution in [0.4, 0.5) is 5.82 Å². The lowest BCUT2D eigenvalue weighted by Crippen LogP contribution is -2.08. The number of aromatic nitrogens is 4. The molecule has 18 heavy (non-hydrogen) atoms. The molecule has 0 bridgehead atoms. The van der Waals surface area contributed by atoms with E-state index >= 15 is 0 Å². The number of anilines is 1. The fourth-order valence-corrected chi connectivity index (χ4v) is 2.50. The summed E-state index contributed by atoms with van der Waals surface area (Å²) in [6, 6.07) is 4.10. The van der Waals surface area contributed by atoms with Crippen LogP contribution in [0.2, 0.25) is 5.15 Å². The van der Waals surface area contributed by atoms with Gasteiger partial charge < -0.3 is 5.32 Å². The highest BCUT2D eigenvalue weighted by atomic mass is 35.5. The highest BCUT2D eigenvalue weighted by molar-refractivity contribution is 7.09. The molecule has 0 aliphatic carbocycles. The maximum atomic E-state index is 6.08. The molecule has 0 aromatic carbocycles. The minimum Gasteiger partial charge on any atom is -0.365 e. The summed E-state index contributed by atoms with van der Waals surface area (Å²) in [5.41, 5.74) is 0.867. The third-order valence-corrected chi connectivity index (χ3v) is 3.86. The first-order chi connectivity index (χ1) is 8.75. The summed E-state index contributed by atoms with van der Waals surface area (Å²) >= 11 is 7.78. The molecule has 0 amide bonds. The van der Waals surface area contributed by atoms with Gasteiger partial charge in [-0.1, -0.05) is 17.7 Å². The van der Waals surface area contributed by atoms with E-state index in [-0.39, 0.29) is 0 Å². The van der Waals surface area contributed by atoms with Crippen molar-refractivity contribution in [2.24, 2.45) is 0 Å². The smallest absolute Gasteiger partial charge is 0.255 e. The quantitative estimate of drug-likeness (QED) is 0.749. The summed E-state index contributed by atoms with van der Waals surface area (Å²) < 4.78 is 1.66. The predicted molar refractivity (Wildman–Crippen MR) is 72.2 cm³/mol. The van der Waals surface area contributed by atoms with Gasteiger partial charge in [-0.25, -0.2) is 0 Å². The average molecular weight is 280 g/mol. The van der Waals surface area contributed by atoms with Gasteiger partial charge in [-0.2, -0.15) is 19.6 Å². The molecule has 3 rings (SSSR count). The van der Waals surface area contributed by atoms with Gasteiger partial charge >= 0.3 is 0 Å². The second kappa shape index (κ2) is 4.55. The van der Waals surface area contributed by atoms with Crippen LogP contribution in [0.25, 0.3) is 5.78 Å². The van der Waals surface area contributed by atoms with Gasteiger partial charge in [0.25, 0.3) is 5.78 Å². The van der Waals surface area contributed by atoms with Gasteiger partial charge in [0.05, 0.1) is 6.54 Å². The van der Waals surface area contributed by atoms with Crippen molar-refractivity contribution in [1.82, 2.24) is 19.6 Å². The summed E-state index contributed by atoms with van der Waals surface area (Å²) in [5, 5.41) is 9.98. The van der Waals surface area contributed by atoms with Crippen molar-refractivity contribution in [3.63, 3.8) is 0 Å². The van der Waals surface area contributed by atoms with E-state index < -0.39 is 0 Å². The van der Waals surface area contributed by atoms with Crippen LogP contribution in [0.1, 0.15) is 10.4 Å². The maximum absolute atomic E-state index is 6.08. The molecule has 0 fully saturated rings. The van der Waals surface area contributed by atoms with Crippen molar-refractivity contribution in [2.45, 2.75) is 13.5 Å². The van der Waals surface area contributed by atoms with E-state index in [0.29, 0.717) is 10.9 Å². The van der Waals surface area contributed by atoms with Crippen LogP contribution in [0, 0.1) is 6.92 Å². The number of halogens is 1. The van der Waals surface area contributed by atoms with Crippen LogP contribution in [0.5, 0.6) is 0 Å². The first-order valence-corrected chi connectivity index (χ1v) is 6.63. The highest BCUT2D eigenvalue weighted by Crippen LogP contribution is 2.23. The Balaban J connectivity index is 1.99. The lowest BCUT2D eigenvalue weighted by Gasteiger charge is -2.10. The Kier molecular flexibility index (Phi) is 2.89. The van der Waals surface area contributed by atoms with Crippen LogP contribution in [0.3, 0.4) is 0 Å². The number of thiophene rings is 1. The molecule has 3 heterocycles. The second-order valence-corrected chi connectivity index (χ2v) is 5.17. The van der Waals surface area contributed by atoms with Crippen molar-refractivity contribution >= 4 is 34.5 Å². The second-order valence-electron chi connectivity index (χ2n) is 3.78. The lowest BCUT2D eigenvalue weighted by atomic mass is 10.3. The first kappa shape index (κ1) is 11.4. The average Bonchev–Trinajstić information content (AvgIpc) is 3.00. The van der Waals surface area contributed by atoms with E-state index in [4.69, 9.17) is 11.6 Å². The van der Waals surface area contributed by atoms with Crippen molar-refractivity contribution in [2.75, 3.05) is 5.32 Å². The Hall–Kier alpha value is -1.66. The zero-order chi connectivity index (χ0) is 12.5. The topological polar surface area (TPSA) is 55.1 Å². The highest BCUT2D eigenvalue weighted by Gasteiger charge is 2.11. The number of nitrogens with one attached hydrogen (secondary N) is 1. The van der Waals surface area contributed by atoms with Gasteiger partial charge in [0.1, 0.15) is 17.3 Å². The van der Waals surface area contributed by atoms with E-state index in [1.54, 1.807) is 15.9 Å². The number of rotatable bonds is 3. The van der Waals surface area contributed by atoms with Gasteiger partial charge in [0, 0.05) is 10.4 Å². The Morgan fingerprint density at radius 3 is 3.17 bits per heavy atom. The van der Waals surface area contributed by atoms with Crippen molar-refractivity contribution in [3.05, 3.63) is 39.4 Å². The number of fused-ring (bicyclic) bond motifs is 1. The van der Waals surface area contributed by atoms with Gasteiger partial charge in [-0.3, -0.25) is 0 Å². The van der Waals surface area contributed by atoms with Gasteiger partial charge in [0.2, 0.25) is 0 Å². The van der Waals surface area contributed by atoms with Crippen LogP contribution in [-0.4, -0.2) is 19.6 Å². The Morgan fingerprint density at radius 1 is 1.50 bits per heavy atom. The zero-order valence-electron chi connectivity index (χ0n) is 9.59. The Labute approximate surface area is 112 Å². The Bertz CT molecular complexity index is 676. The molecule has 7 heteroatoms. The molecular formula is C11H10ClN5S. The van der Waals surface area contributed by atoms with E-state index in [0.717, 1.165) is 17.9 Å². The first-order valence-electron chi connectivity index (χ1n) is 5.38. The molecule has 0 saturated carbocycles. The van der Waals surface area contributed by atoms with Crippen molar-refractivity contribution in [1.29, 1.82) is 0 Å². The molecule has 1 N–H and O–H groups in total. The SMILES string of the molecule is Cc1c(Cl)nc2ncnn2c1NCc1cccs1. The van der Waals surface area contributed by atoms with Gasteiger partial charge in [-0.15, -0.1) is 11.3 Å². The molecule has 0 radical (unpaired) electrons. The summed E-state index contributed by atoms with van der Waals surface area (Å²) in [7, 11) is 0. The molecule has 3 aromatic heterocycles. The molecular weight excluding hydrogens is 270 g/mol. The molecule has 0 atom stereocenters. The van der Waals surface area contributed by atoms with E-state index in [2.05, 4.69) is 31.8 Å². The van der Waals surface area contributed by atoms with Crippen LogP contribution in [-0.2, 0) is 6.54 Å². The van der Waals surface area contributed by atoms with Crippen LogP contribution < -0.4 is 5.32 Å². The van der Waals surface area contributed by atoms with Crippen LogP contribution in [0.15, 0.2) is 23.8 Å². The molecule has 0 spiro atoms. The molecule has 0 aliphatic rings. The third kappa shape index (κ3) is 1.93. The fourth-order valence-electron chi connectivity index (χ4n) is 1.69. The summed E-state index contributed by atoms with van der Waals surface area (Å²) in [4.78, 5) is 9.45. The normalized spacial score (nSPS) is 11.0. The van der Waals surface area contributed by atoms with Gasteiger partial charge in [0.15, 0.2) is 0 Å². The number of hydrogen-bond donors (Lipinski definition) is 1. The summed E-state index contributed by atoms with van der Waals surface area (Å²) in [5.74, 6) is 1.33. The number of hydrogen-bond acceptors (Lipinski definition) is 5. The van der Waals surface area contributed by atoms with E-state index in [1.165, 1.54) is 11.2 Å². The molecule has 0 aliphatic heterocycles. The standard InChI is InChI=1S/C11H10ClN5S/c1-7-9(12)16-11-14-6-15-17(11)10(7)13-5-8-3-2-4-18-8/h2-4,6,13H,5H2,1H3. The molecule has 3 aromatic rings. The molecule has 5 nitrogen and oxygen atoms in total. The summed E-state index contributed by atoms with van der Waals surface area (Å²) in [6.45, 7) is 2.64. The van der Waals surface area contributed by atoms with E-state index in [1.807, 2.05) is 13.0 Å². The zero-order valence-corrected chi connectivity index (χ0v) is 11.2. The molecule has 0 unspecified atom stereocenters. The van der Waals surface area contributed by atoms with Gasteiger partial charge in [-0.05, 0) is 18.4 Å². The minimum atomic E-state index is 0.448.